The zero-order chi connectivity index (χ0) is 38.7. The third-order valence-electron chi connectivity index (χ3n) is 13.2. The molecule has 59 heavy (non-hydrogen) atoms. The predicted octanol–water partition coefficient (Wildman–Crippen LogP) is 14.9. The quantitative estimate of drug-likeness (QED) is 0.163. The van der Waals surface area contributed by atoms with Crippen molar-refractivity contribution < 1.29 is 0 Å². The van der Waals surface area contributed by atoms with Gasteiger partial charge in [-0.15, -0.1) is 0 Å². The van der Waals surface area contributed by atoms with Crippen LogP contribution in [0.1, 0.15) is 22.3 Å². The van der Waals surface area contributed by atoms with Crippen LogP contribution in [0.2, 0.25) is 0 Å². The van der Waals surface area contributed by atoms with Crippen LogP contribution in [0.3, 0.4) is 0 Å². The highest BCUT2D eigenvalue weighted by molar-refractivity contribution is 6.17. The summed E-state index contributed by atoms with van der Waals surface area (Å²) in [6.45, 7) is 0. The van der Waals surface area contributed by atoms with Crippen molar-refractivity contribution in [3.63, 3.8) is 0 Å². The number of hydrogen-bond donors (Lipinski definition) is 0. The first-order valence-electron chi connectivity index (χ1n) is 20.5. The molecule has 0 saturated carbocycles. The van der Waals surface area contributed by atoms with Crippen LogP contribution in [0.15, 0.2) is 218 Å². The fourth-order valence-electron chi connectivity index (χ4n) is 10.9. The number of para-hydroxylation sites is 4. The molecule has 2 heteroatoms. The number of aromatic nitrogens is 1. The molecule has 2 nitrogen and oxygen atoms in total. The average Bonchev–Trinajstić information content (AvgIpc) is 3.81. The summed E-state index contributed by atoms with van der Waals surface area (Å²) in [5, 5.41) is 7.50. The maximum absolute atomic E-state index is 2.57. The van der Waals surface area contributed by atoms with Gasteiger partial charge < -0.3 is 9.47 Å². The fraction of sp³-hybridized carbons (Fsp3) is 0.0175. The van der Waals surface area contributed by atoms with Crippen molar-refractivity contribution in [3.8, 4) is 27.9 Å². The summed E-state index contributed by atoms with van der Waals surface area (Å²) in [5.74, 6) is 0. The van der Waals surface area contributed by atoms with E-state index in [9.17, 15) is 0 Å². The third-order valence-corrected chi connectivity index (χ3v) is 13.2. The van der Waals surface area contributed by atoms with Crippen LogP contribution >= 0.6 is 0 Å². The third kappa shape index (κ3) is 4.25. The minimum Gasteiger partial charge on any atom is -0.309 e. The van der Waals surface area contributed by atoms with Crippen LogP contribution < -0.4 is 4.90 Å². The largest absolute Gasteiger partial charge is 0.309 e. The van der Waals surface area contributed by atoms with Gasteiger partial charge in [0.05, 0.1) is 39.2 Å². The second kappa shape index (κ2) is 12.2. The number of rotatable bonds is 4. The van der Waals surface area contributed by atoms with Crippen molar-refractivity contribution in [2.24, 2.45) is 0 Å². The number of anilines is 3. The molecule has 0 bridgehead atoms. The molecule has 0 saturated heterocycles. The number of benzene rings is 10. The molecule has 0 N–H and O–H groups in total. The monoisotopic (exact) mass is 748 g/mol. The summed E-state index contributed by atoms with van der Waals surface area (Å²) in [5.41, 5.74) is 16.8. The van der Waals surface area contributed by atoms with Crippen LogP contribution in [0, 0.1) is 0 Å². The van der Waals surface area contributed by atoms with Crippen LogP contribution in [0.5, 0.6) is 0 Å². The zero-order valence-corrected chi connectivity index (χ0v) is 32.2. The first-order chi connectivity index (χ1) is 29.3. The van der Waals surface area contributed by atoms with Gasteiger partial charge in [-0.2, -0.15) is 0 Å². The average molecular weight is 749 g/mol. The summed E-state index contributed by atoms with van der Waals surface area (Å²) in [7, 11) is 0. The number of fused-ring (bicyclic) bond motifs is 15. The van der Waals surface area contributed by atoms with Crippen LogP contribution in [-0.2, 0) is 5.41 Å². The zero-order valence-electron chi connectivity index (χ0n) is 32.2. The molecule has 1 aliphatic heterocycles. The van der Waals surface area contributed by atoms with Gasteiger partial charge >= 0.3 is 0 Å². The molecule has 1 aliphatic carbocycles. The van der Waals surface area contributed by atoms with Gasteiger partial charge in [0.25, 0.3) is 0 Å². The lowest BCUT2D eigenvalue weighted by Crippen LogP contribution is -2.33. The Morgan fingerprint density at radius 3 is 1.83 bits per heavy atom. The Morgan fingerprint density at radius 2 is 0.949 bits per heavy atom. The molecule has 0 amide bonds. The molecule has 274 valence electrons. The van der Waals surface area contributed by atoms with E-state index in [0.29, 0.717) is 0 Å². The number of nitrogens with zero attached hydrogens (tertiary/aromatic N) is 2. The SMILES string of the molecule is c1ccc(-c2ccccc2N(c2cccc3c2-c2ccccc2C32c3ccccc3-n3c4ccccc4c4cccc2c43)c2cc3ccccc3c3ccccc23)cc1. The highest BCUT2D eigenvalue weighted by Crippen LogP contribution is 2.63. The van der Waals surface area contributed by atoms with E-state index < -0.39 is 5.41 Å². The Labute approximate surface area is 342 Å². The highest BCUT2D eigenvalue weighted by Gasteiger charge is 2.51. The van der Waals surface area contributed by atoms with E-state index >= 15 is 0 Å². The van der Waals surface area contributed by atoms with E-state index in [1.807, 2.05) is 0 Å². The van der Waals surface area contributed by atoms with Gasteiger partial charge in [-0.3, -0.25) is 0 Å². The maximum Gasteiger partial charge on any atom is 0.0755 e. The van der Waals surface area contributed by atoms with E-state index in [2.05, 4.69) is 228 Å². The maximum atomic E-state index is 2.57. The molecular formula is C57H36N2. The Hall–Kier alpha value is -7.68. The molecule has 11 aromatic rings. The molecular weight excluding hydrogens is 713 g/mol. The normalized spacial score (nSPS) is 14.8. The van der Waals surface area contributed by atoms with Crippen LogP contribution in [0.4, 0.5) is 17.1 Å². The van der Waals surface area contributed by atoms with E-state index in [1.54, 1.807) is 0 Å². The second-order valence-electron chi connectivity index (χ2n) is 15.9. The Morgan fingerprint density at radius 1 is 0.356 bits per heavy atom. The molecule has 13 rings (SSSR count). The Kier molecular flexibility index (Phi) is 6.68. The molecule has 10 aromatic carbocycles. The Balaban J connectivity index is 1.20. The lowest BCUT2D eigenvalue weighted by atomic mass is 9.65. The molecule has 1 spiro atoms. The molecule has 1 atom stereocenters. The van der Waals surface area contributed by atoms with E-state index in [-0.39, 0.29) is 0 Å². The molecule has 1 aromatic heterocycles. The lowest BCUT2D eigenvalue weighted by molar-refractivity contribution is 0.748. The first-order valence-corrected chi connectivity index (χ1v) is 20.5. The minimum atomic E-state index is -0.557. The van der Waals surface area contributed by atoms with Crippen molar-refractivity contribution in [2.75, 3.05) is 4.90 Å². The Bertz CT molecular complexity index is 3520. The summed E-state index contributed by atoms with van der Waals surface area (Å²) < 4.78 is 2.52. The minimum absolute atomic E-state index is 0.557. The summed E-state index contributed by atoms with van der Waals surface area (Å²) in [6, 6.07) is 81.2. The van der Waals surface area contributed by atoms with Crippen molar-refractivity contribution in [1.29, 1.82) is 0 Å². The molecule has 1 unspecified atom stereocenters. The summed E-state index contributed by atoms with van der Waals surface area (Å²) in [4.78, 5) is 2.57. The lowest BCUT2D eigenvalue weighted by Gasteiger charge is -2.39. The summed E-state index contributed by atoms with van der Waals surface area (Å²) >= 11 is 0. The fourth-order valence-corrected chi connectivity index (χ4v) is 10.9. The smallest absolute Gasteiger partial charge is 0.0755 e. The molecule has 2 heterocycles. The van der Waals surface area contributed by atoms with E-state index in [4.69, 9.17) is 0 Å². The van der Waals surface area contributed by atoms with Crippen molar-refractivity contribution in [1.82, 2.24) is 4.57 Å². The van der Waals surface area contributed by atoms with Gasteiger partial charge in [0.1, 0.15) is 0 Å². The number of hydrogen-bond acceptors (Lipinski definition) is 1. The van der Waals surface area contributed by atoms with Crippen molar-refractivity contribution in [2.45, 2.75) is 5.41 Å². The van der Waals surface area contributed by atoms with Crippen molar-refractivity contribution in [3.05, 3.63) is 241 Å². The van der Waals surface area contributed by atoms with E-state index in [1.165, 1.54) is 93.5 Å². The van der Waals surface area contributed by atoms with Crippen LogP contribution in [-0.4, -0.2) is 4.57 Å². The standard InChI is InChI=1S/C57H36N2/c1-2-18-37(19-3-1)40-22-9-13-32-50(40)58(54-36-38-20-4-5-21-39(38)41-23-6-7-24-42(41)54)53-35-17-30-48-55(53)45-26-8-11-28-46(45)57(48)47-29-12-15-34-52(47)59-51-33-14-10-25-43(51)44-27-16-31-49(57)56(44)59/h1-36H. The predicted molar refractivity (Wildman–Crippen MR) is 247 cm³/mol. The van der Waals surface area contributed by atoms with Crippen molar-refractivity contribution >= 4 is 60.4 Å². The highest BCUT2D eigenvalue weighted by atomic mass is 15.2. The molecule has 2 aliphatic rings. The van der Waals surface area contributed by atoms with Gasteiger partial charge in [-0.25, -0.2) is 0 Å². The van der Waals surface area contributed by atoms with Gasteiger partial charge in [0, 0.05) is 27.3 Å². The van der Waals surface area contributed by atoms with Gasteiger partial charge in [-0.1, -0.05) is 188 Å². The topological polar surface area (TPSA) is 8.17 Å². The molecule has 0 radical (unpaired) electrons. The summed E-state index contributed by atoms with van der Waals surface area (Å²) in [6.07, 6.45) is 0. The first kappa shape index (κ1) is 32.4. The van der Waals surface area contributed by atoms with E-state index in [0.717, 1.165) is 17.1 Å². The van der Waals surface area contributed by atoms with Crippen LogP contribution in [0.25, 0.3) is 71.3 Å². The van der Waals surface area contributed by atoms with Gasteiger partial charge in [0.15, 0.2) is 0 Å². The second-order valence-corrected chi connectivity index (χ2v) is 15.9. The molecule has 0 fully saturated rings. The van der Waals surface area contributed by atoms with Gasteiger partial charge in [0.2, 0.25) is 0 Å². The van der Waals surface area contributed by atoms with Gasteiger partial charge in [-0.05, 0) is 79.9 Å².